The highest BCUT2D eigenvalue weighted by Gasteiger charge is 2.26. The van der Waals surface area contributed by atoms with Crippen LogP contribution >= 0.6 is 0 Å². The second-order valence-corrected chi connectivity index (χ2v) is 7.26. The summed E-state index contributed by atoms with van der Waals surface area (Å²) in [5.41, 5.74) is 0.632. The van der Waals surface area contributed by atoms with Crippen molar-refractivity contribution in [1.82, 2.24) is 0 Å². The SMILES string of the molecule is Fc1cc(C2CCC(CC3CCCCC3)CC2)cc(F)c1F. The van der Waals surface area contributed by atoms with Crippen LogP contribution in [0.5, 0.6) is 0 Å². The van der Waals surface area contributed by atoms with Gasteiger partial charge in [-0.25, -0.2) is 13.2 Å². The Morgan fingerprint density at radius 2 is 1.27 bits per heavy atom. The molecular formula is C19H25F3. The van der Waals surface area contributed by atoms with E-state index in [2.05, 4.69) is 0 Å². The number of halogens is 3. The van der Waals surface area contributed by atoms with Gasteiger partial charge in [-0.05, 0) is 67.6 Å². The highest BCUT2D eigenvalue weighted by molar-refractivity contribution is 5.23. The first kappa shape index (κ1) is 15.9. The molecule has 1 aromatic rings. The van der Waals surface area contributed by atoms with Crippen molar-refractivity contribution < 1.29 is 13.2 Å². The summed E-state index contributed by atoms with van der Waals surface area (Å²) in [5, 5.41) is 0. The summed E-state index contributed by atoms with van der Waals surface area (Å²) >= 11 is 0. The Morgan fingerprint density at radius 3 is 1.86 bits per heavy atom. The van der Waals surface area contributed by atoms with E-state index in [1.54, 1.807) is 0 Å². The molecule has 3 heteroatoms. The first-order chi connectivity index (χ1) is 10.6. The fourth-order valence-corrected chi connectivity index (χ4v) is 4.44. The fourth-order valence-electron chi connectivity index (χ4n) is 4.44. The molecule has 0 radical (unpaired) electrons. The van der Waals surface area contributed by atoms with Crippen molar-refractivity contribution in [2.45, 2.75) is 70.1 Å². The van der Waals surface area contributed by atoms with Crippen LogP contribution in [0.1, 0.15) is 75.7 Å². The quantitative estimate of drug-likeness (QED) is 0.571. The highest BCUT2D eigenvalue weighted by Crippen LogP contribution is 2.40. The van der Waals surface area contributed by atoms with Crippen LogP contribution in [0.15, 0.2) is 12.1 Å². The van der Waals surface area contributed by atoms with Crippen LogP contribution < -0.4 is 0 Å². The minimum Gasteiger partial charge on any atom is -0.204 e. The van der Waals surface area contributed by atoms with Crippen molar-refractivity contribution in [1.29, 1.82) is 0 Å². The van der Waals surface area contributed by atoms with E-state index in [9.17, 15) is 13.2 Å². The smallest absolute Gasteiger partial charge is 0.194 e. The first-order valence-corrected chi connectivity index (χ1v) is 8.78. The van der Waals surface area contributed by atoms with E-state index in [0.717, 1.165) is 37.5 Å². The van der Waals surface area contributed by atoms with Gasteiger partial charge in [-0.3, -0.25) is 0 Å². The van der Waals surface area contributed by atoms with E-state index in [0.29, 0.717) is 5.56 Å². The van der Waals surface area contributed by atoms with Crippen LogP contribution in [0.25, 0.3) is 0 Å². The molecule has 3 rings (SSSR count). The maximum atomic E-state index is 13.4. The normalized spacial score (nSPS) is 27.0. The summed E-state index contributed by atoms with van der Waals surface area (Å²) in [6, 6.07) is 2.37. The Kier molecular flexibility index (Phi) is 5.10. The van der Waals surface area contributed by atoms with Gasteiger partial charge in [0.1, 0.15) is 0 Å². The van der Waals surface area contributed by atoms with Gasteiger partial charge in [0.25, 0.3) is 0 Å². The zero-order valence-corrected chi connectivity index (χ0v) is 13.1. The molecule has 0 atom stereocenters. The molecule has 122 valence electrons. The predicted octanol–water partition coefficient (Wildman–Crippen LogP) is 6.35. The van der Waals surface area contributed by atoms with Crippen molar-refractivity contribution in [3.63, 3.8) is 0 Å². The van der Waals surface area contributed by atoms with E-state index in [1.165, 1.54) is 50.7 Å². The number of hydrogen-bond acceptors (Lipinski definition) is 0. The highest BCUT2D eigenvalue weighted by atomic mass is 19.2. The molecule has 0 heterocycles. The molecule has 2 aliphatic carbocycles. The Balaban J connectivity index is 1.55. The molecule has 0 aromatic heterocycles. The largest absolute Gasteiger partial charge is 0.204 e. The third kappa shape index (κ3) is 3.67. The lowest BCUT2D eigenvalue weighted by molar-refractivity contribution is 0.233. The minimum atomic E-state index is -1.35. The first-order valence-electron chi connectivity index (χ1n) is 8.78. The summed E-state index contributed by atoms with van der Waals surface area (Å²) in [6.45, 7) is 0. The Labute approximate surface area is 131 Å². The van der Waals surface area contributed by atoms with E-state index in [-0.39, 0.29) is 5.92 Å². The van der Waals surface area contributed by atoms with Crippen LogP contribution in [0.4, 0.5) is 13.2 Å². The average Bonchev–Trinajstić information content (AvgIpc) is 2.54. The van der Waals surface area contributed by atoms with E-state index in [4.69, 9.17) is 0 Å². The molecular weight excluding hydrogens is 285 g/mol. The zero-order valence-electron chi connectivity index (χ0n) is 13.1. The lowest BCUT2D eigenvalue weighted by Gasteiger charge is -2.32. The molecule has 2 fully saturated rings. The van der Waals surface area contributed by atoms with Gasteiger partial charge in [-0.15, -0.1) is 0 Å². The molecule has 2 saturated carbocycles. The molecule has 0 saturated heterocycles. The van der Waals surface area contributed by atoms with Crippen molar-refractivity contribution in [2.24, 2.45) is 11.8 Å². The predicted molar refractivity (Wildman–Crippen MR) is 82.2 cm³/mol. The molecule has 0 aliphatic heterocycles. The minimum absolute atomic E-state index is 0.187. The van der Waals surface area contributed by atoms with Crippen LogP contribution in [0.3, 0.4) is 0 Å². The third-order valence-corrected chi connectivity index (χ3v) is 5.72. The summed E-state index contributed by atoms with van der Waals surface area (Å²) < 4.78 is 39.8. The lowest BCUT2D eigenvalue weighted by Crippen LogP contribution is -2.18. The van der Waals surface area contributed by atoms with Crippen LogP contribution in [-0.4, -0.2) is 0 Å². The van der Waals surface area contributed by atoms with Crippen molar-refractivity contribution in [3.05, 3.63) is 35.1 Å². The number of hydrogen-bond donors (Lipinski definition) is 0. The van der Waals surface area contributed by atoms with Crippen molar-refractivity contribution in [3.8, 4) is 0 Å². The van der Waals surface area contributed by atoms with Crippen LogP contribution in [-0.2, 0) is 0 Å². The van der Waals surface area contributed by atoms with Gasteiger partial charge in [-0.1, -0.05) is 32.1 Å². The molecule has 0 bridgehead atoms. The van der Waals surface area contributed by atoms with Crippen LogP contribution in [0, 0.1) is 29.3 Å². The molecule has 2 aliphatic rings. The van der Waals surface area contributed by atoms with Crippen LogP contribution in [0.2, 0.25) is 0 Å². The number of benzene rings is 1. The molecule has 0 unspecified atom stereocenters. The summed E-state index contributed by atoms with van der Waals surface area (Å²) in [6.07, 6.45) is 12.5. The molecule has 1 aromatic carbocycles. The number of rotatable bonds is 3. The third-order valence-electron chi connectivity index (χ3n) is 5.72. The van der Waals surface area contributed by atoms with Gasteiger partial charge in [0.05, 0.1) is 0 Å². The van der Waals surface area contributed by atoms with E-state index >= 15 is 0 Å². The van der Waals surface area contributed by atoms with E-state index < -0.39 is 17.5 Å². The van der Waals surface area contributed by atoms with E-state index in [1.807, 2.05) is 0 Å². The Bertz CT molecular complexity index is 474. The summed E-state index contributed by atoms with van der Waals surface area (Å²) in [4.78, 5) is 0. The second kappa shape index (κ2) is 7.06. The Hall–Kier alpha value is -0.990. The molecule has 0 N–H and O–H groups in total. The standard InChI is InChI=1S/C19H25F3/c20-17-11-16(12-18(21)19(17)22)15-8-6-14(7-9-15)10-13-4-2-1-3-5-13/h11-15H,1-10H2. The van der Waals surface area contributed by atoms with Gasteiger partial charge in [0.15, 0.2) is 17.5 Å². The lowest BCUT2D eigenvalue weighted by atomic mass is 9.73. The molecule has 0 amide bonds. The van der Waals surface area contributed by atoms with Gasteiger partial charge >= 0.3 is 0 Å². The average molecular weight is 310 g/mol. The van der Waals surface area contributed by atoms with Crippen molar-refractivity contribution in [2.75, 3.05) is 0 Å². The topological polar surface area (TPSA) is 0 Å². The second-order valence-electron chi connectivity index (χ2n) is 7.26. The molecule has 0 spiro atoms. The van der Waals surface area contributed by atoms with Gasteiger partial charge in [0.2, 0.25) is 0 Å². The van der Waals surface area contributed by atoms with Gasteiger partial charge in [0, 0.05) is 0 Å². The van der Waals surface area contributed by atoms with Gasteiger partial charge < -0.3 is 0 Å². The molecule has 0 nitrogen and oxygen atoms in total. The van der Waals surface area contributed by atoms with Crippen molar-refractivity contribution >= 4 is 0 Å². The molecule has 22 heavy (non-hydrogen) atoms. The van der Waals surface area contributed by atoms with Gasteiger partial charge in [-0.2, -0.15) is 0 Å². The summed E-state index contributed by atoms with van der Waals surface area (Å²) in [7, 11) is 0. The zero-order chi connectivity index (χ0) is 15.5. The summed E-state index contributed by atoms with van der Waals surface area (Å²) in [5.74, 6) is -1.61. The fraction of sp³-hybridized carbons (Fsp3) is 0.684. The maximum Gasteiger partial charge on any atom is 0.194 e. The Morgan fingerprint density at radius 1 is 0.727 bits per heavy atom. The monoisotopic (exact) mass is 310 g/mol. The maximum absolute atomic E-state index is 13.4.